The number of hydrogen-bond donors (Lipinski definition) is 2. The van der Waals surface area contributed by atoms with Gasteiger partial charge in [-0.2, -0.15) is 13.2 Å². The van der Waals surface area contributed by atoms with Crippen LogP contribution in [0.25, 0.3) is 10.9 Å². The number of aryl methyl sites for hydroxylation is 2. The van der Waals surface area contributed by atoms with Crippen molar-refractivity contribution < 1.29 is 18.0 Å². The minimum absolute atomic E-state index is 0.0533. The lowest BCUT2D eigenvalue weighted by Gasteiger charge is -2.16. The summed E-state index contributed by atoms with van der Waals surface area (Å²) in [4.78, 5) is 24.4. The van der Waals surface area contributed by atoms with Gasteiger partial charge in [-0.3, -0.25) is 9.59 Å². The number of nitrogens with zero attached hydrogens (tertiary/aromatic N) is 1. The van der Waals surface area contributed by atoms with Crippen LogP contribution in [0.15, 0.2) is 47.3 Å². The molecule has 0 atom stereocenters. The monoisotopic (exact) mass is 457 g/mol. The van der Waals surface area contributed by atoms with Crippen LogP contribution in [0, 0.1) is 0 Å². The van der Waals surface area contributed by atoms with Crippen LogP contribution in [0.2, 0.25) is 0 Å². The quantitative estimate of drug-likeness (QED) is 0.531. The fourth-order valence-corrected chi connectivity index (χ4v) is 4.37. The van der Waals surface area contributed by atoms with Gasteiger partial charge in [0, 0.05) is 32.1 Å². The Hall–Kier alpha value is -3.13. The number of fused-ring (bicyclic) bond motifs is 2. The van der Waals surface area contributed by atoms with Crippen molar-refractivity contribution in [1.82, 2.24) is 15.2 Å². The molecule has 8 heteroatoms. The summed E-state index contributed by atoms with van der Waals surface area (Å²) >= 11 is 0. The summed E-state index contributed by atoms with van der Waals surface area (Å²) in [5.41, 5.74) is 3.19. The zero-order valence-electron chi connectivity index (χ0n) is 18.4. The van der Waals surface area contributed by atoms with E-state index in [0.29, 0.717) is 30.8 Å². The van der Waals surface area contributed by atoms with Gasteiger partial charge < -0.3 is 15.2 Å². The molecule has 4 rings (SSSR count). The molecule has 0 saturated carbocycles. The minimum atomic E-state index is -4.44. The molecule has 2 N–H and O–H groups in total. The maximum absolute atomic E-state index is 13.4. The van der Waals surface area contributed by atoms with Gasteiger partial charge in [0.15, 0.2) is 0 Å². The molecule has 1 heterocycles. The lowest BCUT2D eigenvalue weighted by Crippen LogP contribution is -2.32. The van der Waals surface area contributed by atoms with Gasteiger partial charge in [0.05, 0.1) is 17.6 Å². The lowest BCUT2D eigenvalue weighted by molar-refractivity contribution is -0.137. The first-order valence-electron chi connectivity index (χ1n) is 11.0. The summed E-state index contributed by atoms with van der Waals surface area (Å²) in [6.07, 6.45) is -1.46. The van der Waals surface area contributed by atoms with E-state index < -0.39 is 11.7 Å². The van der Waals surface area contributed by atoms with Crippen LogP contribution in [0.1, 0.15) is 41.2 Å². The van der Waals surface area contributed by atoms with Crippen LogP contribution >= 0.6 is 0 Å². The molecule has 0 fully saturated rings. The highest BCUT2D eigenvalue weighted by atomic mass is 19.4. The Morgan fingerprint density at radius 3 is 2.55 bits per heavy atom. The molecule has 174 valence electrons. The Morgan fingerprint density at radius 2 is 1.82 bits per heavy atom. The standard InChI is InChI=1S/C25H26F3N3O2/c1-16(32)30-9-8-29-14-21-12-20-11-18-5-3-6-19(18)13-23(20)31(24(21)33)15-17-4-2-7-22(10-17)25(26,27)28/h2,4,7,10-13,29H,3,5-6,8-9,14-15H2,1H3,(H,30,32). The molecule has 1 amide bonds. The number of benzene rings is 2. The van der Waals surface area contributed by atoms with Crippen LogP contribution in [0.5, 0.6) is 0 Å². The Labute approximate surface area is 189 Å². The third-order valence-corrected chi connectivity index (χ3v) is 5.97. The highest BCUT2D eigenvalue weighted by Crippen LogP contribution is 2.30. The van der Waals surface area contributed by atoms with E-state index in [1.54, 1.807) is 10.6 Å². The van der Waals surface area contributed by atoms with Crippen molar-refractivity contribution in [1.29, 1.82) is 0 Å². The van der Waals surface area contributed by atoms with Gasteiger partial charge >= 0.3 is 6.18 Å². The maximum atomic E-state index is 13.4. The largest absolute Gasteiger partial charge is 0.416 e. The van der Waals surface area contributed by atoms with Gasteiger partial charge in [0.1, 0.15) is 0 Å². The molecule has 1 aromatic heterocycles. The molecule has 0 saturated heterocycles. The van der Waals surface area contributed by atoms with Gasteiger partial charge in [-0.15, -0.1) is 0 Å². The normalized spacial score (nSPS) is 13.3. The van der Waals surface area contributed by atoms with E-state index in [1.165, 1.54) is 24.1 Å². The topological polar surface area (TPSA) is 63.1 Å². The van der Waals surface area contributed by atoms with Gasteiger partial charge in [-0.25, -0.2) is 0 Å². The van der Waals surface area contributed by atoms with Crippen molar-refractivity contribution in [2.75, 3.05) is 13.1 Å². The van der Waals surface area contributed by atoms with E-state index in [2.05, 4.69) is 16.7 Å². The molecular formula is C25H26F3N3O2. The van der Waals surface area contributed by atoms with Crippen LogP contribution in [-0.2, 0) is 36.9 Å². The summed E-state index contributed by atoms with van der Waals surface area (Å²) < 4.78 is 41.2. The third-order valence-electron chi connectivity index (χ3n) is 5.97. The zero-order chi connectivity index (χ0) is 23.6. The number of halogens is 3. The number of amides is 1. The van der Waals surface area contributed by atoms with Crippen molar-refractivity contribution in [2.24, 2.45) is 0 Å². The SMILES string of the molecule is CC(=O)NCCNCc1cc2cc3c(cc2n(Cc2cccc(C(F)(F)F)c2)c1=O)CCC3. The first-order chi connectivity index (χ1) is 15.7. The van der Waals surface area contributed by atoms with Crippen LogP contribution in [-0.4, -0.2) is 23.6 Å². The smallest absolute Gasteiger partial charge is 0.355 e. The van der Waals surface area contributed by atoms with Crippen molar-refractivity contribution >= 4 is 16.8 Å². The first-order valence-corrected chi connectivity index (χ1v) is 11.0. The maximum Gasteiger partial charge on any atom is 0.416 e. The summed E-state index contributed by atoms with van der Waals surface area (Å²) in [7, 11) is 0. The number of aromatic nitrogens is 1. The molecule has 2 aromatic carbocycles. The van der Waals surface area contributed by atoms with E-state index in [-0.39, 0.29) is 18.0 Å². The van der Waals surface area contributed by atoms with Gasteiger partial charge in [0.25, 0.3) is 5.56 Å². The molecule has 0 aliphatic heterocycles. The van der Waals surface area contributed by atoms with Gasteiger partial charge in [0.2, 0.25) is 5.91 Å². The van der Waals surface area contributed by atoms with Crippen LogP contribution in [0.3, 0.4) is 0 Å². The summed E-state index contributed by atoms with van der Waals surface area (Å²) in [5.74, 6) is -0.125. The number of carbonyl (C=O) groups excluding carboxylic acids is 1. The van der Waals surface area contributed by atoms with E-state index in [1.807, 2.05) is 12.1 Å². The molecule has 0 bridgehead atoms. The molecular weight excluding hydrogens is 431 g/mol. The molecule has 1 aliphatic rings. The van der Waals surface area contributed by atoms with Crippen molar-refractivity contribution in [3.05, 3.63) is 80.6 Å². The molecule has 0 spiro atoms. The Kier molecular flexibility index (Phi) is 6.56. The van der Waals surface area contributed by atoms with Crippen molar-refractivity contribution in [3.8, 4) is 0 Å². The van der Waals surface area contributed by atoms with E-state index in [9.17, 15) is 22.8 Å². The summed E-state index contributed by atoms with van der Waals surface area (Å²) in [5, 5.41) is 6.75. The second-order valence-electron chi connectivity index (χ2n) is 8.45. The minimum Gasteiger partial charge on any atom is -0.355 e. The molecule has 33 heavy (non-hydrogen) atoms. The van der Waals surface area contributed by atoms with Gasteiger partial charge in [-0.05, 0) is 71.7 Å². The average Bonchev–Trinajstić information content (AvgIpc) is 3.21. The fourth-order valence-electron chi connectivity index (χ4n) is 4.37. The highest BCUT2D eigenvalue weighted by molar-refractivity contribution is 5.82. The Bertz CT molecular complexity index is 1250. The molecule has 3 aromatic rings. The van der Waals surface area contributed by atoms with E-state index >= 15 is 0 Å². The number of rotatable bonds is 7. The highest BCUT2D eigenvalue weighted by Gasteiger charge is 2.30. The number of alkyl halides is 3. The molecule has 0 unspecified atom stereocenters. The number of nitrogens with one attached hydrogen (secondary N) is 2. The zero-order valence-corrected chi connectivity index (χ0v) is 18.4. The lowest BCUT2D eigenvalue weighted by atomic mass is 10.0. The fraction of sp³-hybridized carbons (Fsp3) is 0.360. The van der Waals surface area contributed by atoms with Crippen molar-refractivity contribution in [3.63, 3.8) is 0 Å². The van der Waals surface area contributed by atoms with Gasteiger partial charge in [-0.1, -0.05) is 12.1 Å². The van der Waals surface area contributed by atoms with E-state index in [4.69, 9.17) is 0 Å². The van der Waals surface area contributed by atoms with Crippen LogP contribution in [0.4, 0.5) is 13.2 Å². The second kappa shape index (κ2) is 9.39. The Morgan fingerprint density at radius 1 is 1.06 bits per heavy atom. The number of hydrogen-bond acceptors (Lipinski definition) is 3. The average molecular weight is 457 g/mol. The summed E-state index contributed by atoms with van der Waals surface area (Å²) in [6, 6.07) is 11.1. The number of pyridine rings is 1. The van der Waals surface area contributed by atoms with E-state index in [0.717, 1.165) is 42.3 Å². The predicted octanol–water partition coefficient (Wildman–Crippen LogP) is 3.78. The Balaban J connectivity index is 1.71. The third kappa shape index (κ3) is 5.27. The first kappa shape index (κ1) is 23.0. The molecule has 1 aliphatic carbocycles. The number of carbonyl (C=O) groups is 1. The summed E-state index contributed by atoms with van der Waals surface area (Å²) in [6.45, 7) is 2.73. The van der Waals surface area contributed by atoms with Crippen molar-refractivity contribution in [2.45, 2.75) is 45.5 Å². The second-order valence-corrected chi connectivity index (χ2v) is 8.45. The predicted molar refractivity (Wildman–Crippen MR) is 121 cm³/mol. The molecule has 5 nitrogen and oxygen atoms in total. The molecule has 0 radical (unpaired) electrons. The van der Waals surface area contributed by atoms with Crippen LogP contribution < -0.4 is 16.2 Å².